The van der Waals surface area contributed by atoms with Gasteiger partial charge < -0.3 is 15.2 Å². The molecular formula is C12H22ClN3O4. The SMILES string of the molecule is CC1(C)NC(=O)N(CC(O)CN2CCOCC2)C1=O.Cl. The lowest BCUT2D eigenvalue weighted by atomic mass is 10.1. The average Bonchev–Trinajstić information content (AvgIpc) is 2.53. The number of imide groups is 1. The van der Waals surface area contributed by atoms with E-state index in [0.29, 0.717) is 19.8 Å². The fourth-order valence-corrected chi connectivity index (χ4v) is 2.33. The Morgan fingerprint density at radius 1 is 1.30 bits per heavy atom. The van der Waals surface area contributed by atoms with Gasteiger partial charge in [-0.2, -0.15) is 0 Å². The molecule has 1 atom stereocenters. The number of hydrogen-bond acceptors (Lipinski definition) is 5. The maximum absolute atomic E-state index is 12.0. The van der Waals surface area contributed by atoms with Gasteiger partial charge in [-0.1, -0.05) is 0 Å². The van der Waals surface area contributed by atoms with Crippen molar-refractivity contribution in [3.63, 3.8) is 0 Å². The summed E-state index contributed by atoms with van der Waals surface area (Å²) in [5.74, 6) is -0.293. The summed E-state index contributed by atoms with van der Waals surface area (Å²) in [5.41, 5.74) is -0.879. The van der Waals surface area contributed by atoms with Gasteiger partial charge in [0.15, 0.2) is 0 Å². The molecule has 0 saturated carbocycles. The highest BCUT2D eigenvalue weighted by molar-refractivity contribution is 6.06. The topological polar surface area (TPSA) is 82.1 Å². The predicted molar refractivity (Wildman–Crippen MR) is 74.8 cm³/mol. The van der Waals surface area contributed by atoms with E-state index in [-0.39, 0.29) is 24.9 Å². The van der Waals surface area contributed by atoms with Gasteiger partial charge in [0.25, 0.3) is 5.91 Å². The molecule has 2 N–H and O–H groups in total. The van der Waals surface area contributed by atoms with Crippen molar-refractivity contribution in [1.82, 2.24) is 15.1 Å². The second-order valence-electron chi connectivity index (χ2n) is 5.54. The Kier molecular flexibility index (Phi) is 5.76. The summed E-state index contributed by atoms with van der Waals surface area (Å²) < 4.78 is 5.22. The fraction of sp³-hybridized carbons (Fsp3) is 0.833. The van der Waals surface area contributed by atoms with Gasteiger partial charge in [-0.15, -0.1) is 12.4 Å². The molecule has 0 bridgehead atoms. The Balaban J connectivity index is 0.00000200. The number of rotatable bonds is 4. The largest absolute Gasteiger partial charge is 0.390 e. The molecule has 2 fully saturated rings. The van der Waals surface area contributed by atoms with Crippen LogP contribution in [0.15, 0.2) is 0 Å². The number of ether oxygens (including phenoxy) is 1. The first-order valence-corrected chi connectivity index (χ1v) is 6.52. The van der Waals surface area contributed by atoms with Gasteiger partial charge >= 0.3 is 6.03 Å². The molecule has 0 aromatic rings. The Bertz CT molecular complexity index is 372. The van der Waals surface area contributed by atoms with Crippen LogP contribution in [0.5, 0.6) is 0 Å². The van der Waals surface area contributed by atoms with Crippen LogP contribution in [0.25, 0.3) is 0 Å². The Hall–Kier alpha value is -0.890. The monoisotopic (exact) mass is 307 g/mol. The van der Waals surface area contributed by atoms with E-state index in [9.17, 15) is 14.7 Å². The number of morpholine rings is 1. The summed E-state index contributed by atoms with van der Waals surface area (Å²) in [4.78, 5) is 26.8. The molecule has 2 saturated heterocycles. The molecule has 20 heavy (non-hydrogen) atoms. The van der Waals surface area contributed by atoms with E-state index in [0.717, 1.165) is 18.0 Å². The van der Waals surface area contributed by atoms with E-state index in [1.54, 1.807) is 13.8 Å². The third kappa shape index (κ3) is 3.82. The van der Waals surface area contributed by atoms with Crippen molar-refractivity contribution in [1.29, 1.82) is 0 Å². The number of carbonyl (C=O) groups excluding carboxylic acids is 2. The minimum atomic E-state index is -0.879. The van der Waals surface area contributed by atoms with Crippen molar-refractivity contribution in [3.05, 3.63) is 0 Å². The van der Waals surface area contributed by atoms with Crippen LogP contribution in [0.4, 0.5) is 4.79 Å². The molecule has 116 valence electrons. The summed E-state index contributed by atoms with van der Waals surface area (Å²) >= 11 is 0. The molecule has 1 unspecified atom stereocenters. The van der Waals surface area contributed by atoms with Crippen molar-refractivity contribution in [3.8, 4) is 0 Å². The molecule has 0 aromatic heterocycles. The highest BCUT2D eigenvalue weighted by Gasteiger charge is 2.44. The third-order valence-corrected chi connectivity index (χ3v) is 3.41. The first kappa shape index (κ1) is 17.2. The van der Waals surface area contributed by atoms with E-state index >= 15 is 0 Å². The van der Waals surface area contributed by atoms with E-state index in [4.69, 9.17) is 4.74 Å². The standard InChI is InChI=1S/C12H21N3O4.ClH/c1-12(2)10(17)15(11(18)13-12)8-9(16)7-14-3-5-19-6-4-14;/h9,16H,3-8H2,1-2H3,(H,13,18);1H. The molecule has 2 aliphatic rings. The number of aliphatic hydroxyl groups is 1. The molecule has 8 heteroatoms. The molecule has 7 nitrogen and oxygen atoms in total. The van der Waals surface area contributed by atoms with E-state index in [1.165, 1.54) is 0 Å². The molecule has 3 amide bonds. The third-order valence-electron chi connectivity index (χ3n) is 3.41. The summed E-state index contributed by atoms with van der Waals surface area (Å²) in [6.45, 7) is 6.63. The molecule has 0 spiro atoms. The van der Waals surface area contributed by atoms with Crippen LogP contribution in [-0.2, 0) is 9.53 Å². The van der Waals surface area contributed by atoms with Crippen LogP contribution in [0.1, 0.15) is 13.8 Å². The molecule has 0 aliphatic carbocycles. The smallest absolute Gasteiger partial charge is 0.325 e. The zero-order chi connectivity index (χ0) is 14.0. The van der Waals surface area contributed by atoms with Crippen molar-refractivity contribution in [2.45, 2.75) is 25.5 Å². The van der Waals surface area contributed by atoms with Crippen molar-refractivity contribution in [2.75, 3.05) is 39.4 Å². The quantitative estimate of drug-likeness (QED) is 0.680. The second-order valence-corrected chi connectivity index (χ2v) is 5.54. The van der Waals surface area contributed by atoms with Crippen LogP contribution in [-0.4, -0.2) is 77.9 Å². The normalized spacial score (nSPS) is 24.2. The van der Waals surface area contributed by atoms with Crippen LogP contribution >= 0.6 is 12.4 Å². The lowest BCUT2D eigenvalue weighted by molar-refractivity contribution is -0.131. The lowest BCUT2D eigenvalue weighted by Crippen LogP contribution is -2.46. The van der Waals surface area contributed by atoms with Gasteiger partial charge in [0.1, 0.15) is 5.54 Å². The van der Waals surface area contributed by atoms with Gasteiger partial charge in [-0.25, -0.2) is 4.79 Å². The highest BCUT2D eigenvalue weighted by Crippen LogP contribution is 2.16. The Morgan fingerprint density at radius 3 is 2.40 bits per heavy atom. The van der Waals surface area contributed by atoms with Crippen LogP contribution < -0.4 is 5.32 Å². The number of urea groups is 1. The average molecular weight is 308 g/mol. The van der Waals surface area contributed by atoms with Gasteiger partial charge in [0.05, 0.1) is 25.9 Å². The minimum Gasteiger partial charge on any atom is -0.390 e. The van der Waals surface area contributed by atoms with E-state index in [1.807, 2.05) is 0 Å². The summed E-state index contributed by atoms with van der Waals surface area (Å²) in [7, 11) is 0. The van der Waals surface area contributed by atoms with Crippen LogP contribution in [0.2, 0.25) is 0 Å². The summed E-state index contributed by atoms with van der Waals surface area (Å²) in [6, 6.07) is -0.434. The molecule has 0 radical (unpaired) electrons. The number of nitrogens with zero attached hydrogens (tertiary/aromatic N) is 2. The number of hydrogen-bond donors (Lipinski definition) is 2. The predicted octanol–water partition coefficient (Wildman–Crippen LogP) is -0.568. The van der Waals surface area contributed by atoms with Gasteiger partial charge in [0.2, 0.25) is 0 Å². The lowest BCUT2D eigenvalue weighted by Gasteiger charge is -2.29. The zero-order valence-electron chi connectivity index (χ0n) is 11.8. The van der Waals surface area contributed by atoms with Crippen molar-refractivity contribution in [2.24, 2.45) is 0 Å². The Labute approximate surface area is 124 Å². The van der Waals surface area contributed by atoms with E-state index < -0.39 is 17.7 Å². The molecule has 2 heterocycles. The minimum absolute atomic E-state index is 0. The molecule has 2 aliphatic heterocycles. The van der Waals surface area contributed by atoms with Gasteiger partial charge in [-0.05, 0) is 13.8 Å². The number of carbonyl (C=O) groups is 2. The summed E-state index contributed by atoms with van der Waals surface area (Å²) in [5, 5.41) is 12.6. The van der Waals surface area contributed by atoms with Crippen molar-refractivity contribution >= 4 is 24.3 Å². The van der Waals surface area contributed by atoms with Gasteiger partial charge in [-0.3, -0.25) is 14.6 Å². The van der Waals surface area contributed by atoms with E-state index in [2.05, 4.69) is 10.2 Å². The number of nitrogens with one attached hydrogen (secondary N) is 1. The number of β-amino-alcohol motifs (C(OH)–C–C–N with tert-alkyl or cyclic N) is 1. The maximum atomic E-state index is 12.0. The van der Waals surface area contributed by atoms with Crippen molar-refractivity contribution < 1.29 is 19.4 Å². The molecular weight excluding hydrogens is 286 g/mol. The Morgan fingerprint density at radius 2 is 1.90 bits per heavy atom. The summed E-state index contributed by atoms with van der Waals surface area (Å²) in [6.07, 6.45) is -0.735. The molecule has 2 rings (SSSR count). The number of amides is 3. The second kappa shape index (κ2) is 6.71. The maximum Gasteiger partial charge on any atom is 0.325 e. The first-order chi connectivity index (χ1) is 8.90. The van der Waals surface area contributed by atoms with Crippen LogP contribution in [0.3, 0.4) is 0 Å². The number of aliphatic hydroxyl groups excluding tert-OH is 1. The zero-order valence-corrected chi connectivity index (χ0v) is 12.6. The highest BCUT2D eigenvalue weighted by atomic mass is 35.5. The number of halogens is 1. The van der Waals surface area contributed by atoms with Crippen LogP contribution in [0, 0.1) is 0 Å². The first-order valence-electron chi connectivity index (χ1n) is 6.52. The fourth-order valence-electron chi connectivity index (χ4n) is 2.33. The van der Waals surface area contributed by atoms with Gasteiger partial charge in [0, 0.05) is 19.6 Å². The molecule has 0 aromatic carbocycles.